The second kappa shape index (κ2) is 7.46. The Morgan fingerprint density at radius 1 is 1.12 bits per heavy atom. The molecule has 2 aliphatic carbocycles. The van der Waals surface area contributed by atoms with Crippen molar-refractivity contribution in [2.45, 2.75) is 64.6 Å². The molecule has 1 aromatic carbocycles. The SMILES string of the molecule is Cc1ccc(C)c(N2CCN(C[C@@H]3C(=O)O[C@@H]4C[C@@]5(C)CCC[C@]6(CO6)[C@H]5C[C@@H]34)CC2)c1. The lowest BCUT2D eigenvalue weighted by atomic mass is 9.53. The number of fused-ring (bicyclic) bond motifs is 3. The molecule has 32 heavy (non-hydrogen) atoms. The van der Waals surface area contributed by atoms with Crippen molar-refractivity contribution in [1.29, 1.82) is 0 Å². The quantitative estimate of drug-likeness (QED) is 0.528. The van der Waals surface area contributed by atoms with Crippen LogP contribution in [-0.2, 0) is 14.3 Å². The number of ether oxygens (including phenoxy) is 2. The maximum atomic E-state index is 13.0. The molecular formula is C27H38N2O3. The van der Waals surface area contributed by atoms with Gasteiger partial charge in [-0.15, -0.1) is 0 Å². The van der Waals surface area contributed by atoms with Crippen molar-refractivity contribution < 1.29 is 14.3 Å². The van der Waals surface area contributed by atoms with Crippen LogP contribution in [0.2, 0.25) is 0 Å². The molecule has 3 heterocycles. The molecule has 6 atom stereocenters. The standard InChI is InChI=1S/C27H38N2O3/c1-18-5-6-19(2)22(13-18)29-11-9-28(10-12-29)16-21-20-14-24-26(3,15-23(20)32-25(21)30)7-4-8-27(24)17-31-27/h5-6,13,20-21,23-24H,4,7-12,14-17H2,1-3H3/t20-,21-,23+,24-,26+,27-/m0/s1. The number of benzene rings is 1. The number of esters is 1. The van der Waals surface area contributed by atoms with Crippen LogP contribution in [0, 0.1) is 37.0 Å². The van der Waals surface area contributed by atoms with Crippen LogP contribution in [0.4, 0.5) is 5.69 Å². The van der Waals surface area contributed by atoms with E-state index < -0.39 is 0 Å². The molecule has 5 heteroatoms. The minimum atomic E-state index is 0.0366. The number of hydrogen-bond donors (Lipinski definition) is 0. The lowest BCUT2D eigenvalue weighted by molar-refractivity contribution is -0.147. The fourth-order valence-corrected chi connectivity index (χ4v) is 7.68. The van der Waals surface area contributed by atoms with E-state index >= 15 is 0 Å². The van der Waals surface area contributed by atoms with Gasteiger partial charge < -0.3 is 14.4 Å². The van der Waals surface area contributed by atoms with Gasteiger partial charge in [-0.05, 0) is 74.5 Å². The highest BCUT2D eigenvalue weighted by atomic mass is 16.6. The monoisotopic (exact) mass is 438 g/mol. The van der Waals surface area contributed by atoms with Gasteiger partial charge in [0.15, 0.2) is 0 Å². The van der Waals surface area contributed by atoms with E-state index in [9.17, 15) is 4.79 Å². The third-order valence-electron chi connectivity index (χ3n) is 9.61. The smallest absolute Gasteiger partial charge is 0.310 e. The van der Waals surface area contributed by atoms with Crippen molar-refractivity contribution in [2.75, 3.05) is 44.2 Å². The summed E-state index contributed by atoms with van der Waals surface area (Å²) in [7, 11) is 0. The minimum Gasteiger partial charge on any atom is -0.462 e. The van der Waals surface area contributed by atoms with Crippen molar-refractivity contribution in [3.63, 3.8) is 0 Å². The maximum absolute atomic E-state index is 13.0. The first-order chi connectivity index (χ1) is 15.4. The van der Waals surface area contributed by atoms with E-state index in [1.54, 1.807) is 0 Å². The molecule has 1 spiro atoms. The number of anilines is 1. The highest BCUT2D eigenvalue weighted by molar-refractivity contribution is 5.75. The molecule has 6 rings (SSSR count). The summed E-state index contributed by atoms with van der Waals surface area (Å²) in [6.45, 7) is 12.7. The van der Waals surface area contributed by atoms with Gasteiger partial charge in [0, 0.05) is 44.3 Å². The Kier molecular flexibility index (Phi) is 4.89. The fourth-order valence-electron chi connectivity index (χ4n) is 7.68. The van der Waals surface area contributed by atoms with Gasteiger partial charge >= 0.3 is 5.97 Å². The number of aryl methyl sites for hydroxylation is 2. The molecule has 3 saturated heterocycles. The van der Waals surface area contributed by atoms with Crippen LogP contribution in [0.3, 0.4) is 0 Å². The minimum absolute atomic E-state index is 0.0366. The second-order valence-electron chi connectivity index (χ2n) is 11.7. The van der Waals surface area contributed by atoms with E-state index in [2.05, 4.69) is 48.8 Å². The summed E-state index contributed by atoms with van der Waals surface area (Å²) in [5.41, 5.74) is 4.44. The van der Waals surface area contributed by atoms with Crippen molar-refractivity contribution in [3.8, 4) is 0 Å². The van der Waals surface area contributed by atoms with Crippen LogP contribution >= 0.6 is 0 Å². The molecular weight excluding hydrogens is 400 g/mol. The Morgan fingerprint density at radius 2 is 1.91 bits per heavy atom. The normalized spacial score (nSPS) is 41.3. The molecule has 5 nitrogen and oxygen atoms in total. The van der Waals surface area contributed by atoms with Crippen molar-refractivity contribution in [3.05, 3.63) is 29.3 Å². The van der Waals surface area contributed by atoms with Crippen LogP contribution in [0.25, 0.3) is 0 Å². The van der Waals surface area contributed by atoms with Gasteiger partial charge in [0.1, 0.15) is 6.10 Å². The Labute approximate surface area is 192 Å². The third kappa shape index (κ3) is 3.38. The van der Waals surface area contributed by atoms with Gasteiger partial charge in [-0.25, -0.2) is 0 Å². The molecule has 0 unspecified atom stereocenters. The zero-order valence-corrected chi connectivity index (χ0v) is 19.9. The fraction of sp³-hybridized carbons (Fsp3) is 0.741. The first kappa shape index (κ1) is 21.0. The molecule has 5 fully saturated rings. The lowest BCUT2D eigenvalue weighted by Crippen LogP contribution is -2.52. The summed E-state index contributed by atoms with van der Waals surface area (Å²) < 4.78 is 12.1. The molecule has 3 aliphatic heterocycles. The Balaban J connectivity index is 1.12. The molecule has 0 amide bonds. The summed E-state index contributed by atoms with van der Waals surface area (Å²) >= 11 is 0. The van der Waals surface area contributed by atoms with E-state index in [1.165, 1.54) is 36.1 Å². The molecule has 0 aromatic heterocycles. The Bertz CT molecular complexity index is 904. The van der Waals surface area contributed by atoms with Gasteiger partial charge in [0.25, 0.3) is 0 Å². The molecule has 2 saturated carbocycles. The van der Waals surface area contributed by atoms with Crippen LogP contribution in [0.5, 0.6) is 0 Å². The first-order valence-electron chi connectivity index (χ1n) is 12.8. The average molecular weight is 439 g/mol. The van der Waals surface area contributed by atoms with E-state index in [0.717, 1.165) is 52.2 Å². The zero-order valence-electron chi connectivity index (χ0n) is 19.9. The van der Waals surface area contributed by atoms with Gasteiger partial charge in [0.05, 0.1) is 18.1 Å². The van der Waals surface area contributed by atoms with Crippen LogP contribution in [0.1, 0.15) is 50.2 Å². The summed E-state index contributed by atoms with van der Waals surface area (Å²) in [5, 5.41) is 0. The predicted molar refractivity (Wildman–Crippen MR) is 125 cm³/mol. The van der Waals surface area contributed by atoms with E-state index in [-0.39, 0.29) is 29.0 Å². The molecule has 0 N–H and O–H groups in total. The Morgan fingerprint density at radius 3 is 2.66 bits per heavy atom. The summed E-state index contributed by atoms with van der Waals surface area (Å²) in [6, 6.07) is 6.72. The first-order valence-corrected chi connectivity index (χ1v) is 12.8. The number of piperazine rings is 1. The number of carbonyl (C=O) groups is 1. The van der Waals surface area contributed by atoms with Crippen molar-refractivity contribution >= 4 is 11.7 Å². The van der Waals surface area contributed by atoms with Gasteiger partial charge in [-0.1, -0.05) is 19.1 Å². The summed E-state index contributed by atoms with van der Waals surface area (Å²) in [5.74, 6) is 1.07. The van der Waals surface area contributed by atoms with Gasteiger partial charge in [0.2, 0.25) is 0 Å². The van der Waals surface area contributed by atoms with Crippen molar-refractivity contribution in [2.24, 2.45) is 23.2 Å². The highest BCUT2D eigenvalue weighted by Gasteiger charge is 2.65. The molecule has 1 aromatic rings. The molecule has 174 valence electrons. The average Bonchev–Trinajstić information content (AvgIpc) is 3.47. The summed E-state index contributed by atoms with van der Waals surface area (Å²) in [6.07, 6.45) is 6.00. The molecule has 5 aliphatic rings. The largest absolute Gasteiger partial charge is 0.462 e. The van der Waals surface area contributed by atoms with Crippen LogP contribution in [-0.4, -0.2) is 61.9 Å². The maximum Gasteiger partial charge on any atom is 0.310 e. The number of epoxide rings is 1. The summed E-state index contributed by atoms with van der Waals surface area (Å²) in [4.78, 5) is 18.0. The second-order valence-corrected chi connectivity index (χ2v) is 11.7. The third-order valence-corrected chi connectivity index (χ3v) is 9.61. The predicted octanol–water partition coefficient (Wildman–Crippen LogP) is 3.95. The lowest BCUT2D eigenvalue weighted by Gasteiger charge is -2.51. The number of hydrogen-bond acceptors (Lipinski definition) is 5. The number of rotatable bonds is 3. The Hall–Kier alpha value is -1.59. The van der Waals surface area contributed by atoms with Crippen LogP contribution < -0.4 is 4.90 Å². The van der Waals surface area contributed by atoms with E-state index in [0.29, 0.717) is 11.8 Å². The number of carbonyl (C=O) groups excluding carboxylic acids is 1. The highest BCUT2D eigenvalue weighted by Crippen LogP contribution is 2.62. The molecule has 0 radical (unpaired) electrons. The van der Waals surface area contributed by atoms with Crippen LogP contribution in [0.15, 0.2) is 18.2 Å². The van der Waals surface area contributed by atoms with Gasteiger partial charge in [-0.3, -0.25) is 9.69 Å². The molecule has 0 bridgehead atoms. The van der Waals surface area contributed by atoms with E-state index in [4.69, 9.17) is 9.47 Å². The topological polar surface area (TPSA) is 45.3 Å². The number of nitrogens with zero attached hydrogens (tertiary/aromatic N) is 2. The van der Waals surface area contributed by atoms with Gasteiger partial charge in [-0.2, -0.15) is 0 Å². The van der Waals surface area contributed by atoms with E-state index in [1.807, 2.05) is 0 Å². The van der Waals surface area contributed by atoms with Crippen molar-refractivity contribution in [1.82, 2.24) is 4.90 Å². The zero-order chi connectivity index (χ0) is 22.1.